The molecule has 31 heavy (non-hydrogen) atoms. The number of hydrogen-bond donors (Lipinski definition) is 1. The number of hydrogen-bond acceptors (Lipinski definition) is 5. The molecule has 2 aliphatic rings. The molecule has 10 heteroatoms. The van der Waals surface area contributed by atoms with Crippen LogP contribution in [-0.2, 0) is 23.0 Å². The Morgan fingerprint density at radius 3 is 2.77 bits per heavy atom. The van der Waals surface area contributed by atoms with Crippen LogP contribution in [0.2, 0.25) is 0 Å². The van der Waals surface area contributed by atoms with E-state index in [-0.39, 0.29) is 30.0 Å². The molecular formula is C21H25FN4O4S. The van der Waals surface area contributed by atoms with Gasteiger partial charge in [-0.15, -0.1) is 0 Å². The number of rotatable bonds is 4. The highest BCUT2D eigenvalue weighted by molar-refractivity contribution is 7.89. The molecule has 0 spiro atoms. The summed E-state index contributed by atoms with van der Waals surface area (Å²) < 4.78 is 39.9. The van der Waals surface area contributed by atoms with Gasteiger partial charge in [0, 0.05) is 26.1 Å². The molecule has 1 atom stereocenters. The van der Waals surface area contributed by atoms with Crippen molar-refractivity contribution in [2.24, 2.45) is 0 Å². The zero-order valence-electron chi connectivity index (χ0n) is 17.3. The maximum atomic E-state index is 14.2. The van der Waals surface area contributed by atoms with Crippen LogP contribution < -0.4 is 5.56 Å². The highest BCUT2D eigenvalue weighted by Crippen LogP contribution is 2.31. The quantitative estimate of drug-likeness (QED) is 0.770. The number of carbonyl (C=O) groups is 1. The van der Waals surface area contributed by atoms with Crippen LogP contribution in [0.1, 0.15) is 59.7 Å². The molecule has 0 bridgehead atoms. The molecule has 2 aliphatic heterocycles. The molecule has 166 valence electrons. The monoisotopic (exact) mass is 448 g/mol. The number of nitrogens with zero attached hydrogens (tertiary/aromatic N) is 3. The second-order valence-corrected chi connectivity index (χ2v) is 10.1. The van der Waals surface area contributed by atoms with Gasteiger partial charge < -0.3 is 9.88 Å². The number of amides is 1. The van der Waals surface area contributed by atoms with Gasteiger partial charge in [-0.3, -0.25) is 9.59 Å². The average molecular weight is 449 g/mol. The highest BCUT2D eigenvalue weighted by Gasteiger charge is 2.34. The lowest BCUT2D eigenvalue weighted by atomic mass is 9.99. The van der Waals surface area contributed by atoms with Gasteiger partial charge in [0.15, 0.2) is 0 Å². The Balaban J connectivity index is 1.66. The summed E-state index contributed by atoms with van der Waals surface area (Å²) in [6.07, 6.45) is 2.59. The van der Waals surface area contributed by atoms with Crippen LogP contribution in [0.4, 0.5) is 4.39 Å². The molecule has 0 aliphatic carbocycles. The van der Waals surface area contributed by atoms with Crippen LogP contribution in [0.3, 0.4) is 0 Å². The first kappa shape index (κ1) is 21.6. The number of H-pyrrole nitrogens is 1. The lowest BCUT2D eigenvalue weighted by Gasteiger charge is -2.35. The number of halogens is 1. The number of carbonyl (C=O) groups excluding carboxylic acids is 1. The first-order chi connectivity index (χ1) is 14.8. The Labute approximate surface area is 180 Å². The van der Waals surface area contributed by atoms with E-state index in [1.807, 2.05) is 0 Å². The number of fused-ring (bicyclic) bond motifs is 1. The summed E-state index contributed by atoms with van der Waals surface area (Å²) in [5.41, 5.74) is 0.509. The van der Waals surface area contributed by atoms with E-state index in [0.717, 1.165) is 12.8 Å². The first-order valence-electron chi connectivity index (χ1n) is 10.5. The third kappa shape index (κ3) is 4.14. The van der Waals surface area contributed by atoms with Crippen LogP contribution >= 0.6 is 0 Å². The summed E-state index contributed by atoms with van der Waals surface area (Å²) in [4.78, 5) is 34.8. The van der Waals surface area contributed by atoms with Crippen molar-refractivity contribution in [3.63, 3.8) is 0 Å². The summed E-state index contributed by atoms with van der Waals surface area (Å²) in [5.74, 6) is -0.662. The lowest BCUT2D eigenvalue weighted by molar-refractivity contribution is 0.0594. The van der Waals surface area contributed by atoms with Crippen molar-refractivity contribution in [3.05, 3.63) is 63.1 Å². The maximum Gasteiger partial charge on any atom is 0.257 e. The van der Waals surface area contributed by atoms with Crippen molar-refractivity contribution in [2.75, 3.05) is 18.8 Å². The van der Waals surface area contributed by atoms with Crippen molar-refractivity contribution in [1.82, 2.24) is 19.2 Å². The van der Waals surface area contributed by atoms with E-state index in [4.69, 9.17) is 0 Å². The van der Waals surface area contributed by atoms with Crippen molar-refractivity contribution >= 4 is 15.9 Å². The van der Waals surface area contributed by atoms with Gasteiger partial charge in [-0.2, -0.15) is 4.31 Å². The summed E-state index contributed by atoms with van der Waals surface area (Å²) in [6.45, 7) is 2.28. The van der Waals surface area contributed by atoms with Crippen molar-refractivity contribution in [1.29, 1.82) is 0 Å². The largest absolute Gasteiger partial charge is 0.328 e. The minimum atomic E-state index is -3.40. The first-order valence-corrected chi connectivity index (χ1v) is 12.1. The van der Waals surface area contributed by atoms with Gasteiger partial charge in [0.2, 0.25) is 10.0 Å². The third-order valence-corrected chi connectivity index (χ3v) is 7.82. The van der Waals surface area contributed by atoms with Crippen LogP contribution in [0.25, 0.3) is 0 Å². The van der Waals surface area contributed by atoms with Gasteiger partial charge in [-0.1, -0.05) is 12.1 Å². The van der Waals surface area contributed by atoms with Crippen molar-refractivity contribution in [2.45, 2.75) is 45.2 Å². The molecular weight excluding hydrogens is 423 g/mol. The van der Waals surface area contributed by atoms with E-state index in [0.29, 0.717) is 36.5 Å². The minimum Gasteiger partial charge on any atom is -0.328 e. The van der Waals surface area contributed by atoms with E-state index in [1.54, 1.807) is 17.9 Å². The topological polar surface area (TPSA) is 103 Å². The molecule has 1 saturated heterocycles. The second kappa shape index (κ2) is 8.51. The molecule has 4 rings (SSSR count). The number of sulfonamides is 1. The smallest absolute Gasteiger partial charge is 0.257 e. The maximum absolute atomic E-state index is 14.2. The summed E-state index contributed by atoms with van der Waals surface area (Å²) in [7, 11) is -3.40. The fourth-order valence-corrected chi connectivity index (χ4v) is 5.31. The predicted molar refractivity (Wildman–Crippen MR) is 112 cm³/mol. The summed E-state index contributed by atoms with van der Waals surface area (Å²) in [6, 6.07) is 5.39. The second-order valence-electron chi connectivity index (χ2n) is 7.85. The zero-order valence-corrected chi connectivity index (χ0v) is 18.1. The average Bonchev–Trinajstić information content (AvgIpc) is 2.78. The van der Waals surface area contributed by atoms with E-state index in [1.165, 1.54) is 22.5 Å². The Kier molecular flexibility index (Phi) is 5.94. The zero-order chi connectivity index (χ0) is 22.2. The number of benzene rings is 1. The Morgan fingerprint density at radius 1 is 1.26 bits per heavy atom. The van der Waals surface area contributed by atoms with Gasteiger partial charge in [-0.05, 0) is 38.3 Å². The standard InChI is InChI=1S/C21H25FN4O4S/c1-2-31(29,30)25-12-10-17-15(13-25)20(27)24-19(23-17)18-9-5-6-11-26(18)21(28)14-7-3-4-8-16(14)22/h3-4,7-8,18H,2,5-6,9-13H2,1H3,(H,23,24,27)/t18-/m0/s1. The Bertz CT molecular complexity index is 1160. The number of piperidine rings is 1. The van der Waals surface area contributed by atoms with Gasteiger partial charge in [0.1, 0.15) is 11.6 Å². The molecule has 1 aromatic carbocycles. The SMILES string of the molecule is CCS(=O)(=O)N1CCc2nc([C@@H]3CCCCN3C(=O)c3ccccc3F)[nH]c(=O)c2C1. The molecule has 0 unspecified atom stereocenters. The number of aromatic nitrogens is 2. The number of likely N-dealkylation sites (tertiary alicyclic amines) is 1. The van der Waals surface area contributed by atoms with Crippen molar-refractivity contribution < 1.29 is 17.6 Å². The number of aromatic amines is 1. The van der Waals surface area contributed by atoms with Gasteiger partial charge in [-0.25, -0.2) is 17.8 Å². The normalized spacial score (nSPS) is 19.8. The van der Waals surface area contributed by atoms with Gasteiger partial charge >= 0.3 is 0 Å². The van der Waals surface area contributed by atoms with E-state index in [2.05, 4.69) is 9.97 Å². The molecule has 1 aromatic heterocycles. The van der Waals surface area contributed by atoms with Crippen molar-refractivity contribution in [3.8, 4) is 0 Å². The molecule has 1 N–H and O–H groups in total. The van der Waals surface area contributed by atoms with E-state index in [9.17, 15) is 22.4 Å². The highest BCUT2D eigenvalue weighted by atomic mass is 32.2. The molecule has 1 fully saturated rings. The fourth-order valence-electron chi connectivity index (χ4n) is 4.25. The van der Waals surface area contributed by atoms with E-state index >= 15 is 0 Å². The fraction of sp³-hybridized carbons (Fsp3) is 0.476. The van der Waals surface area contributed by atoms with E-state index < -0.39 is 27.8 Å². The molecule has 0 radical (unpaired) electrons. The predicted octanol–water partition coefficient (Wildman–Crippen LogP) is 1.98. The number of nitrogens with one attached hydrogen (secondary N) is 1. The van der Waals surface area contributed by atoms with Crippen LogP contribution in [-0.4, -0.2) is 52.3 Å². The molecule has 3 heterocycles. The Hall–Kier alpha value is -2.59. The van der Waals surface area contributed by atoms with Crippen LogP contribution in [0.15, 0.2) is 29.1 Å². The van der Waals surface area contributed by atoms with Crippen LogP contribution in [0, 0.1) is 5.82 Å². The molecule has 1 amide bonds. The lowest BCUT2D eigenvalue weighted by Crippen LogP contribution is -2.43. The Morgan fingerprint density at radius 2 is 2.03 bits per heavy atom. The van der Waals surface area contributed by atoms with Gasteiger partial charge in [0.05, 0.1) is 28.6 Å². The molecule has 0 saturated carbocycles. The summed E-state index contributed by atoms with van der Waals surface area (Å²) >= 11 is 0. The van der Waals surface area contributed by atoms with Crippen LogP contribution in [0.5, 0.6) is 0 Å². The molecule has 2 aromatic rings. The summed E-state index contributed by atoms with van der Waals surface area (Å²) in [5, 5.41) is 0. The molecule has 8 nitrogen and oxygen atoms in total. The third-order valence-electron chi connectivity index (χ3n) is 5.99. The minimum absolute atomic E-state index is 0.00332. The van der Waals surface area contributed by atoms with Gasteiger partial charge in [0.25, 0.3) is 11.5 Å².